The summed E-state index contributed by atoms with van der Waals surface area (Å²) in [5.41, 5.74) is 6.71. The lowest BCUT2D eigenvalue weighted by Crippen LogP contribution is -1.86. The number of oxazole rings is 2. The fourth-order valence-corrected chi connectivity index (χ4v) is 4.72. The van der Waals surface area contributed by atoms with E-state index in [0.717, 1.165) is 42.2 Å². The third kappa shape index (κ3) is 3.32. The maximum atomic E-state index is 5.87. The second kappa shape index (κ2) is 7.65. The third-order valence-electron chi connectivity index (χ3n) is 5.10. The van der Waals surface area contributed by atoms with Crippen LogP contribution in [0, 0.1) is 0 Å². The molecule has 0 radical (unpaired) electrons. The molecule has 0 spiro atoms. The summed E-state index contributed by atoms with van der Waals surface area (Å²) in [4.78, 5) is 17.2. The maximum Gasteiger partial charge on any atom is 0.227 e. The highest BCUT2D eigenvalue weighted by Gasteiger charge is 2.15. The van der Waals surface area contributed by atoms with Crippen LogP contribution in [0.5, 0.6) is 0 Å². The van der Waals surface area contributed by atoms with Crippen LogP contribution >= 0.6 is 31.9 Å². The predicted molar refractivity (Wildman–Crippen MR) is 129 cm³/mol. The van der Waals surface area contributed by atoms with Crippen molar-refractivity contribution in [2.24, 2.45) is 0 Å². The first kappa shape index (κ1) is 19.3. The molecule has 0 unspecified atom stereocenters. The Bertz CT molecular complexity index is 1440. The van der Waals surface area contributed by atoms with Crippen molar-refractivity contribution in [1.29, 1.82) is 0 Å². The van der Waals surface area contributed by atoms with Gasteiger partial charge in [0.15, 0.2) is 11.2 Å². The van der Waals surface area contributed by atoms with E-state index in [4.69, 9.17) is 8.83 Å². The number of pyridine rings is 2. The van der Waals surface area contributed by atoms with Gasteiger partial charge in [0.2, 0.25) is 11.8 Å². The zero-order valence-electron chi connectivity index (χ0n) is 16.3. The Kier molecular flexibility index (Phi) is 4.62. The van der Waals surface area contributed by atoms with Crippen LogP contribution in [0.1, 0.15) is 0 Å². The lowest BCUT2D eigenvalue weighted by Gasteiger charge is -2.09. The lowest BCUT2D eigenvalue weighted by molar-refractivity contribution is 0.619. The maximum absolute atomic E-state index is 5.87. The Hall–Kier alpha value is -3.36. The zero-order valence-corrected chi connectivity index (χ0v) is 19.5. The Labute approximate surface area is 198 Å². The second-order valence-electron chi connectivity index (χ2n) is 7.11. The van der Waals surface area contributed by atoms with Gasteiger partial charge >= 0.3 is 0 Å². The van der Waals surface area contributed by atoms with Crippen LogP contribution in [0.3, 0.4) is 0 Å². The fourth-order valence-electron chi connectivity index (χ4n) is 3.54. The molecule has 8 heteroatoms. The summed E-state index contributed by atoms with van der Waals surface area (Å²) in [6.07, 6.45) is 6.76. The molecule has 154 valence electrons. The van der Waals surface area contributed by atoms with E-state index in [1.807, 2.05) is 36.4 Å². The minimum atomic E-state index is 0.556. The number of hydrogen-bond acceptors (Lipinski definition) is 6. The summed E-state index contributed by atoms with van der Waals surface area (Å²) in [5, 5.41) is 0. The molecule has 0 aliphatic rings. The highest BCUT2D eigenvalue weighted by molar-refractivity contribution is 9.11. The molecule has 6 rings (SSSR count). The zero-order chi connectivity index (χ0) is 21.7. The van der Waals surface area contributed by atoms with Crippen molar-refractivity contribution in [1.82, 2.24) is 19.9 Å². The number of hydrogen-bond donors (Lipinski definition) is 0. The molecule has 0 amide bonds. The van der Waals surface area contributed by atoms with Crippen molar-refractivity contribution in [3.05, 3.63) is 82.3 Å². The Balaban J connectivity index is 1.36. The van der Waals surface area contributed by atoms with E-state index in [2.05, 4.69) is 51.8 Å². The molecule has 0 saturated carbocycles. The number of halogens is 2. The summed E-state index contributed by atoms with van der Waals surface area (Å²) < 4.78 is 13.6. The largest absolute Gasteiger partial charge is 0.436 e. The van der Waals surface area contributed by atoms with E-state index in [-0.39, 0.29) is 0 Å². The van der Waals surface area contributed by atoms with Crippen molar-refractivity contribution in [3.63, 3.8) is 0 Å². The van der Waals surface area contributed by atoms with Crippen LogP contribution in [-0.4, -0.2) is 19.9 Å². The Morgan fingerprint density at radius 1 is 0.594 bits per heavy atom. The predicted octanol–water partition coefficient (Wildman–Crippen LogP) is 7.29. The van der Waals surface area contributed by atoms with Gasteiger partial charge < -0.3 is 8.83 Å². The number of nitrogens with zero attached hydrogens (tertiary/aromatic N) is 4. The molecule has 0 aliphatic carbocycles. The van der Waals surface area contributed by atoms with Gasteiger partial charge in [-0.05, 0) is 35.4 Å². The molecule has 4 aromatic heterocycles. The van der Waals surface area contributed by atoms with Gasteiger partial charge in [0.25, 0.3) is 0 Å². The second-order valence-corrected chi connectivity index (χ2v) is 8.82. The Morgan fingerprint density at radius 2 is 1.06 bits per heavy atom. The standard InChI is InChI=1S/C24H12Br2N4O2/c25-17-9-13(23-29-19-11-27-7-5-21(19)31-23)1-3-15(17)16-4-2-14(10-18(16)26)24-30-20-12-28-8-6-22(20)32-24/h1-12H. The monoisotopic (exact) mass is 546 g/mol. The van der Waals surface area contributed by atoms with E-state index in [0.29, 0.717) is 22.9 Å². The van der Waals surface area contributed by atoms with Gasteiger partial charge in [-0.2, -0.15) is 0 Å². The highest BCUT2D eigenvalue weighted by Crippen LogP contribution is 2.38. The first-order valence-corrected chi connectivity index (χ1v) is 11.3. The minimum Gasteiger partial charge on any atom is -0.436 e. The molecule has 0 N–H and O–H groups in total. The van der Waals surface area contributed by atoms with Gasteiger partial charge in [-0.15, -0.1) is 0 Å². The van der Waals surface area contributed by atoms with E-state index in [9.17, 15) is 0 Å². The highest BCUT2D eigenvalue weighted by atomic mass is 79.9. The SMILES string of the molecule is Brc1cc(-c2nc3cnccc3o2)ccc1-c1ccc(-c2nc3cnccc3o2)cc1Br. The van der Waals surface area contributed by atoms with Gasteiger partial charge in [-0.1, -0.05) is 44.0 Å². The fraction of sp³-hybridized carbons (Fsp3) is 0. The smallest absolute Gasteiger partial charge is 0.227 e. The van der Waals surface area contributed by atoms with Crippen molar-refractivity contribution >= 4 is 54.1 Å². The Morgan fingerprint density at radius 3 is 1.47 bits per heavy atom. The van der Waals surface area contributed by atoms with Crippen molar-refractivity contribution in [2.75, 3.05) is 0 Å². The van der Waals surface area contributed by atoms with Gasteiger partial charge in [-0.3, -0.25) is 9.97 Å². The minimum absolute atomic E-state index is 0.556. The average molecular weight is 548 g/mol. The average Bonchev–Trinajstić information content (AvgIpc) is 3.43. The molecule has 4 heterocycles. The molecule has 6 aromatic rings. The first-order chi connectivity index (χ1) is 15.7. The van der Waals surface area contributed by atoms with E-state index in [1.54, 1.807) is 36.9 Å². The van der Waals surface area contributed by atoms with Gasteiger partial charge in [-0.25, -0.2) is 9.97 Å². The molecule has 32 heavy (non-hydrogen) atoms. The molecule has 2 aromatic carbocycles. The number of aromatic nitrogens is 4. The third-order valence-corrected chi connectivity index (χ3v) is 6.41. The molecular formula is C24H12Br2N4O2. The van der Waals surface area contributed by atoms with Crippen LogP contribution in [0.25, 0.3) is 56.2 Å². The van der Waals surface area contributed by atoms with E-state index < -0.39 is 0 Å². The molecule has 0 atom stereocenters. The number of fused-ring (bicyclic) bond motifs is 2. The number of rotatable bonds is 3. The van der Waals surface area contributed by atoms with Crippen molar-refractivity contribution < 1.29 is 8.83 Å². The van der Waals surface area contributed by atoms with E-state index >= 15 is 0 Å². The first-order valence-electron chi connectivity index (χ1n) is 9.67. The molecule has 6 nitrogen and oxygen atoms in total. The van der Waals surface area contributed by atoms with Crippen LogP contribution in [0.2, 0.25) is 0 Å². The summed E-state index contributed by atoms with van der Waals surface area (Å²) in [6.45, 7) is 0. The van der Waals surface area contributed by atoms with Crippen LogP contribution in [0.15, 0.2) is 91.1 Å². The molecular weight excluding hydrogens is 536 g/mol. The van der Waals surface area contributed by atoms with Gasteiger partial charge in [0.1, 0.15) is 11.0 Å². The molecule has 0 aliphatic heterocycles. The van der Waals surface area contributed by atoms with E-state index in [1.165, 1.54) is 0 Å². The van der Waals surface area contributed by atoms with Gasteiger partial charge in [0, 0.05) is 44.6 Å². The van der Waals surface area contributed by atoms with Crippen LogP contribution < -0.4 is 0 Å². The normalized spacial score (nSPS) is 11.4. The summed E-state index contributed by atoms with van der Waals surface area (Å²) in [6, 6.07) is 15.7. The summed E-state index contributed by atoms with van der Waals surface area (Å²) in [7, 11) is 0. The number of benzene rings is 2. The topological polar surface area (TPSA) is 77.8 Å². The van der Waals surface area contributed by atoms with Crippen LogP contribution in [-0.2, 0) is 0 Å². The van der Waals surface area contributed by atoms with Gasteiger partial charge in [0.05, 0.1) is 12.4 Å². The molecule has 0 bridgehead atoms. The summed E-state index contributed by atoms with van der Waals surface area (Å²) >= 11 is 7.41. The van der Waals surface area contributed by atoms with Crippen molar-refractivity contribution in [3.8, 4) is 34.0 Å². The van der Waals surface area contributed by atoms with Crippen molar-refractivity contribution in [2.45, 2.75) is 0 Å². The molecule has 0 fully saturated rings. The van der Waals surface area contributed by atoms with Crippen LogP contribution in [0.4, 0.5) is 0 Å². The summed E-state index contributed by atoms with van der Waals surface area (Å²) in [5.74, 6) is 1.11. The quantitative estimate of drug-likeness (QED) is 0.231. The lowest BCUT2D eigenvalue weighted by atomic mass is 10.0. The molecule has 0 saturated heterocycles.